The van der Waals surface area contributed by atoms with Crippen LogP contribution in [-0.4, -0.2) is 49.3 Å². The van der Waals surface area contributed by atoms with Gasteiger partial charge in [-0.2, -0.15) is 0 Å². The molecule has 1 aromatic heterocycles. The summed E-state index contributed by atoms with van der Waals surface area (Å²) in [6.07, 6.45) is 5.98. The van der Waals surface area contributed by atoms with Crippen molar-refractivity contribution in [3.63, 3.8) is 0 Å². The molecule has 1 aliphatic heterocycles. The summed E-state index contributed by atoms with van der Waals surface area (Å²) in [5.41, 5.74) is 0.998. The molecule has 0 unspecified atom stereocenters. The largest absolute Gasteiger partial charge is 0.370 e. The zero-order valence-electron chi connectivity index (χ0n) is 15.7. The van der Waals surface area contributed by atoms with Crippen molar-refractivity contribution < 1.29 is 14.4 Å². The first-order chi connectivity index (χ1) is 13.2. The fourth-order valence-corrected chi connectivity index (χ4v) is 4.77. The first-order valence-corrected chi connectivity index (χ1v) is 10.0. The number of fused-ring (bicyclic) bond motifs is 1. The monoisotopic (exact) mass is 370 g/mol. The van der Waals surface area contributed by atoms with Crippen molar-refractivity contribution in [1.29, 1.82) is 0 Å². The van der Waals surface area contributed by atoms with Crippen molar-refractivity contribution in [3.8, 4) is 0 Å². The van der Waals surface area contributed by atoms with Crippen LogP contribution in [-0.2, 0) is 4.74 Å². The highest BCUT2D eigenvalue weighted by Gasteiger charge is 2.42. The Balaban J connectivity index is 1.56. The third-order valence-electron chi connectivity index (χ3n) is 6.24. The Hall–Kier alpha value is -2.18. The average Bonchev–Trinajstić information content (AvgIpc) is 2.72. The van der Waals surface area contributed by atoms with Crippen LogP contribution in [0.1, 0.15) is 42.5 Å². The second-order valence-electron chi connectivity index (χ2n) is 7.83. The van der Waals surface area contributed by atoms with E-state index in [1.165, 1.54) is 25.3 Å². The van der Waals surface area contributed by atoms with Crippen molar-refractivity contribution in [1.82, 2.24) is 10.3 Å². The number of nitrogens with one attached hydrogen (secondary N) is 3. The zero-order valence-corrected chi connectivity index (χ0v) is 15.7. The number of aromatic amines is 1. The number of pyridine rings is 1. The number of hydrogen-bond acceptors (Lipinski definition) is 3. The molecule has 4 rings (SSSR count). The van der Waals surface area contributed by atoms with Gasteiger partial charge in [-0.05, 0) is 18.9 Å². The molecule has 0 radical (unpaired) electrons. The molecule has 6 nitrogen and oxygen atoms in total. The summed E-state index contributed by atoms with van der Waals surface area (Å²) >= 11 is 0. The second-order valence-corrected chi connectivity index (χ2v) is 7.83. The highest BCUT2D eigenvalue weighted by atomic mass is 16.5. The lowest BCUT2D eigenvalue weighted by Gasteiger charge is -2.45. The van der Waals surface area contributed by atoms with Crippen LogP contribution in [0.2, 0.25) is 0 Å². The average molecular weight is 370 g/mol. The van der Waals surface area contributed by atoms with Crippen molar-refractivity contribution in [2.45, 2.75) is 37.6 Å². The lowest BCUT2D eigenvalue weighted by Crippen LogP contribution is -3.23. The van der Waals surface area contributed by atoms with E-state index >= 15 is 0 Å². The van der Waals surface area contributed by atoms with Gasteiger partial charge in [-0.25, -0.2) is 0 Å². The molecule has 1 aliphatic carbocycles. The lowest BCUT2D eigenvalue weighted by atomic mass is 9.79. The zero-order chi connectivity index (χ0) is 18.7. The molecule has 2 fully saturated rings. The Bertz CT molecular complexity index is 864. The Morgan fingerprint density at radius 3 is 2.67 bits per heavy atom. The number of hydrogen-bond donors (Lipinski definition) is 3. The number of amides is 1. The number of benzene rings is 1. The van der Waals surface area contributed by atoms with Crippen molar-refractivity contribution in [2.75, 3.05) is 32.8 Å². The Morgan fingerprint density at radius 2 is 1.89 bits per heavy atom. The molecule has 27 heavy (non-hydrogen) atoms. The first-order valence-electron chi connectivity index (χ1n) is 10.0. The smallest absolute Gasteiger partial charge is 0.252 e. The summed E-state index contributed by atoms with van der Waals surface area (Å²) in [6.45, 7) is 4.25. The molecule has 1 saturated carbocycles. The van der Waals surface area contributed by atoms with E-state index in [9.17, 15) is 9.59 Å². The molecule has 6 heteroatoms. The fraction of sp³-hybridized carbons (Fsp3) is 0.524. The van der Waals surface area contributed by atoms with Gasteiger partial charge in [0.25, 0.3) is 5.91 Å². The maximum Gasteiger partial charge on any atom is 0.252 e. The standard InChI is InChI=1S/C21H27N3O3/c25-19-14-17(16-6-2-3-7-18(16)23-19)20(26)22-15-21(8-4-1-5-9-21)24-10-12-27-13-11-24/h2-3,6-7,14H,1,4-5,8-13,15H2,(H,22,26)(H,23,25)/p+1. The quantitative estimate of drug-likeness (QED) is 0.748. The van der Waals surface area contributed by atoms with Gasteiger partial charge in [-0.15, -0.1) is 0 Å². The highest BCUT2D eigenvalue weighted by molar-refractivity contribution is 6.05. The van der Waals surface area contributed by atoms with E-state index in [1.807, 2.05) is 24.3 Å². The summed E-state index contributed by atoms with van der Waals surface area (Å²) in [5.74, 6) is -0.157. The molecule has 144 valence electrons. The maximum atomic E-state index is 13.0. The molecule has 2 aromatic rings. The van der Waals surface area contributed by atoms with Gasteiger partial charge < -0.3 is 19.9 Å². The number of quaternary nitrogens is 1. The van der Waals surface area contributed by atoms with E-state index in [4.69, 9.17) is 4.74 Å². The fourth-order valence-electron chi connectivity index (χ4n) is 4.77. The van der Waals surface area contributed by atoms with Gasteiger partial charge in [-0.1, -0.05) is 24.6 Å². The van der Waals surface area contributed by atoms with E-state index < -0.39 is 0 Å². The van der Waals surface area contributed by atoms with Gasteiger partial charge in [-0.3, -0.25) is 9.59 Å². The SMILES string of the molecule is O=C(NCC1([NH+]2CCOCC2)CCCCC1)c1cc(=O)[nH]c2ccccc12. The molecule has 0 atom stereocenters. The summed E-state index contributed by atoms with van der Waals surface area (Å²) in [6, 6.07) is 8.86. The molecule has 0 bridgehead atoms. The Morgan fingerprint density at radius 1 is 1.15 bits per heavy atom. The summed E-state index contributed by atoms with van der Waals surface area (Å²) in [5, 5.41) is 3.96. The topological polar surface area (TPSA) is 75.6 Å². The number of aromatic nitrogens is 1. The number of ether oxygens (including phenoxy) is 1. The van der Waals surface area contributed by atoms with Crippen LogP contribution in [0.4, 0.5) is 0 Å². The van der Waals surface area contributed by atoms with Crippen molar-refractivity contribution in [2.24, 2.45) is 0 Å². The summed E-state index contributed by atoms with van der Waals surface area (Å²) < 4.78 is 5.55. The predicted molar refractivity (Wildman–Crippen MR) is 104 cm³/mol. The number of H-pyrrole nitrogens is 1. The molecule has 2 heterocycles. The molecule has 1 saturated heterocycles. The van der Waals surface area contributed by atoms with Crippen LogP contribution in [0.5, 0.6) is 0 Å². The molecular formula is C21H28N3O3+. The van der Waals surface area contributed by atoms with Crippen molar-refractivity contribution in [3.05, 3.63) is 46.2 Å². The maximum absolute atomic E-state index is 13.0. The number of carbonyl (C=O) groups is 1. The number of carbonyl (C=O) groups excluding carboxylic acids is 1. The summed E-state index contributed by atoms with van der Waals surface area (Å²) in [4.78, 5) is 29.3. The minimum Gasteiger partial charge on any atom is -0.370 e. The number of rotatable bonds is 4. The number of morpholine rings is 1. The predicted octanol–water partition coefficient (Wildman–Crippen LogP) is 0.876. The van der Waals surface area contributed by atoms with Crippen LogP contribution in [0.3, 0.4) is 0 Å². The Kier molecular flexibility index (Phi) is 5.27. The van der Waals surface area contributed by atoms with Gasteiger partial charge in [0.05, 0.1) is 25.3 Å². The van der Waals surface area contributed by atoms with Crippen LogP contribution in [0, 0.1) is 0 Å². The molecule has 3 N–H and O–H groups in total. The van der Waals surface area contributed by atoms with Gasteiger partial charge in [0.2, 0.25) is 5.56 Å². The van der Waals surface area contributed by atoms with E-state index in [-0.39, 0.29) is 17.0 Å². The molecule has 1 aromatic carbocycles. The third kappa shape index (κ3) is 3.77. The molecule has 2 aliphatic rings. The van der Waals surface area contributed by atoms with Crippen LogP contribution < -0.4 is 15.8 Å². The van der Waals surface area contributed by atoms with Gasteiger partial charge >= 0.3 is 0 Å². The van der Waals surface area contributed by atoms with E-state index in [0.717, 1.165) is 44.5 Å². The minimum atomic E-state index is -0.245. The van der Waals surface area contributed by atoms with Gasteiger partial charge in [0, 0.05) is 29.8 Å². The Labute approximate surface area is 158 Å². The highest BCUT2D eigenvalue weighted by Crippen LogP contribution is 2.26. The van der Waals surface area contributed by atoms with Gasteiger partial charge in [0.1, 0.15) is 18.6 Å². The minimum absolute atomic E-state index is 0.0920. The van der Waals surface area contributed by atoms with Crippen LogP contribution in [0.15, 0.2) is 35.1 Å². The molecule has 1 amide bonds. The number of para-hydroxylation sites is 1. The molecular weight excluding hydrogens is 342 g/mol. The van der Waals surface area contributed by atoms with E-state index in [1.54, 1.807) is 4.90 Å². The summed E-state index contributed by atoms with van der Waals surface area (Å²) in [7, 11) is 0. The molecule has 0 spiro atoms. The van der Waals surface area contributed by atoms with E-state index in [2.05, 4.69) is 10.3 Å². The lowest BCUT2D eigenvalue weighted by molar-refractivity contribution is -0.960. The first kappa shape index (κ1) is 18.2. The van der Waals surface area contributed by atoms with Crippen LogP contribution >= 0.6 is 0 Å². The third-order valence-corrected chi connectivity index (χ3v) is 6.24. The van der Waals surface area contributed by atoms with Gasteiger partial charge in [0.15, 0.2) is 0 Å². The second kappa shape index (κ2) is 7.82. The van der Waals surface area contributed by atoms with Crippen LogP contribution in [0.25, 0.3) is 10.9 Å². The van der Waals surface area contributed by atoms with Crippen molar-refractivity contribution >= 4 is 16.8 Å². The normalized spacial score (nSPS) is 20.4. The van der Waals surface area contributed by atoms with E-state index in [0.29, 0.717) is 17.6 Å².